The Balaban J connectivity index is 3.00. The summed E-state index contributed by atoms with van der Waals surface area (Å²) in [4.78, 5) is 1.15. The quantitative estimate of drug-likeness (QED) is 0.382. The van der Waals surface area contributed by atoms with E-state index in [-0.39, 0.29) is 10.8 Å². The molecule has 1 rings (SSSR count). The molecule has 56 valence electrons. The topological polar surface area (TPSA) is 0 Å². The van der Waals surface area contributed by atoms with Crippen LogP contribution in [0, 0.1) is 10.8 Å². The van der Waals surface area contributed by atoms with Gasteiger partial charge in [-0.05, 0) is 0 Å². The van der Waals surface area contributed by atoms with Crippen LogP contribution >= 0.6 is 12.2 Å². The average Bonchev–Trinajstić information content (AvgIpc) is 1.95. The summed E-state index contributed by atoms with van der Waals surface area (Å²) in [7, 11) is 0. The molecule has 0 bridgehead atoms. The zero-order chi connectivity index (χ0) is 7.99. The van der Waals surface area contributed by atoms with Crippen molar-refractivity contribution in [2.45, 2.75) is 27.7 Å². The minimum Gasteiger partial charge on any atom is -0.0878 e. The molecule has 0 aromatic heterocycles. The highest BCUT2D eigenvalue weighted by Gasteiger charge is 2.36. The molecule has 0 amide bonds. The normalized spacial score (nSPS) is 27.4. The van der Waals surface area contributed by atoms with Crippen LogP contribution in [0.4, 0.5) is 0 Å². The fourth-order valence-corrected chi connectivity index (χ4v) is 1.53. The van der Waals surface area contributed by atoms with Crippen molar-refractivity contribution in [2.24, 2.45) is 10.8 Å². The second-order valence-electron chi connectivity index (χ2n) is 4.11. The Labute approximate surface area is 68.3 Å². The second kappa shape index (κ2) is 1.91. The molecule has 0 saturated carbocycles. The third kappa shape index (κ3) is 1.03. The van der Waals surface area contributed by atoms with Crippen LogP contribution in [0.3, 0.4) is 0 Å². The van der Waals surface area contributed by atoms with E-state index >= 15 is 0 Å². The highest BCUT2D eigenvalue weighted by atomic mass is 32.1. The predicted molar refractivity (Wildman–Crippen MR) is 49.3 cm³/mol. The standard InChI is InChI=1S/C9H14S/c1-8(2)5-6-9(3,4)7(8)10/h5-6H,1-4H3. The van der Waals surface area contributed by atoms with Gasteiger partial charge in [-0.15, -0.1) is 0 Å². The second-order valence-corrected chi connectivity index (χ2v) is 4.51. The maximum Gasteiger partial charge on any atom is 0.0148 e. The third-order valence-corrected chi connectivity index (χ3v) is 3.14. The number of hydrogen-bond donors (Lipinski definition) is 0. The van der Waals surface area contributed by atoms with E-state index in [0.29, 0.717) is 0 Å². The van der Waals surface area contributed by atoms with Crippen LogP contribution in [0.1, 0.15) is 27.7 Å². The van der Waals surface area contributed by atoms with Crippen molar-refractivity contribution < 1.29 is 0 Å². The van der Waals surface area contributed by atoms with Crippen molar-refractivity contribution in [1.29, 1.82) is 0 Å². The summed E-state index contributed by atoms with van der Waals surface area (Å²) >= 11 is 5.33. The lowest BCUT2D eigenvalue weighted by Crippen LogP contribution is -2.26. The van der Waals surface area contributed by atoms with Crippen molar-refractivity contribution in [3.63, 3.8) is 0 Å². The van der Waals surface area contributed by atoms with Crippen LogP contribution in [0.25, 0.3) is 0 Å². The summed E-state index contributed by atoms with van der Waals surface area (Å²) in [5, 5.41) is 0. The van der Waals surface area contributed by atoms with Gasteiger partial charge in [-0.1, -0.05) is 52.1 Å². The Bertz CT molecular complexity index is 177. The lowest BCUT2D eigenvalue weighted by Gasteiger charge is -2.24. The summed E-state index contributed by atoms with van der Waals surface area (Å²) < 4.78 is 0. The number of hydrogen-bond acceptors (Lipinski definition) is 1. The van der Waals surface area contributed by atoms with Crippen LogP contribution in [0.15, 0.2) is 12.2 Å². The molecule has 1 aliphatic carbocycles. The zero-order valence-corrected chi connectivity index (χ0v) is 7.88. The Morgan fingerprint density at radius 1 is 1.00 bits per heavy atom. The molecule has 0 radical (unpaired) electrons. The Hall–Kier alpha value is -0.170. The van der Waals surface area contributed by atoms with Crippen LogP contribution in [-0.4, -0.2) is 4.86 Å². The number of allylic oxidation sites excluding steroid dienone is 2. The van der Waals surface area contributed by atoms with E-state index in [2.05, 4.69) is 39.8 Å². The number of thiocarbonyl (C=S) groups is 1. The third-order valence-electron chi connectivity index (χ3n) is 2.09. The van der Waals surface area contributed by atoms with E-state index in [1.165, 1.54) is 0 Å². The molecule has 0 heterocycles. The molecule has 0 unspecified atom stereocenters. The molecule has 0 N–H and O–H groups in total. The minimum atomic E-state index is 0.138. The lowest BCUT2D eigenvalue weighted by atomic mass is 9.83. The van der Waals surface area contributed by atoms with Crippen molar-refractivity contribution in [1.82, 2.24) is 0 Å². The van der Waals surface area contributed by atoms with Gasteiger partial charge in [0.2, 0.25) is 0 Å². The first-order valence-corrected chi connectivity index (χ1v) is 4.02. The minimum absolute atomic E-state index is 0.138. The summed E-state index contributed by atoms with van der Waals surface area (Å²) in [6, 6.07) is 0. The lowest BCUT2D eigenvalue weighted by molar-refractivity contribution is 0.627. The number of rotatable bonds is 0. The van der Waals surface area contributed by atoms with Gasteiger partial charge in [0.1, 0.15) is 0 Å². The van der Waals surface area contributed by atoms with Gasteiger partial charge < -0.3 is 0 Å². The molecule has 0 saturated heterocycles. The SMILES string of the molecule is CC1(C)C=CC(C)(C)C1=S. The molecular weight excluding hydrogens is 140 g/mol. The van der Waals surface area contributed by atoms with Gasteiger partial charge in [-0.2, -0.15) is 0 Å². The first-order chi connectivity index (χ1) is 4.36. The summed E-state index contributed by atoms with van der Waals surface area (Å²) in [6.07, 6.45) is 4.41. The van der Waals surface area contributed by atoms with E-state index in [4.69, 9.17) is 12.2 Å². The van der Waals surface area contributed by atoms with E-state index in [1.54, 1.807) is 0 Å². The molecule has 0 fully saturated rings. The predicted octanol–water partition coefficient (Wildman–Crippen LogP) is 2.98. The van der Waals surface area contributed by atoms with Gasteiger partial charge in [-0.3, -0.25) is 0 Å². The maximum atomic E-state index is 5.33. The fraction of sp³-hybridized carbons (Fsp3) is 0.667. The Morgan fingerprint density at radius 3 is 1.40 bits per heavy atom. The molecule has 0 spiro atoms. The summed E-state index contributed by atoms with van der Waals surface area (Å²) in [5.74, 6) is 0. The molecule has 10 heavy (non-hydrogen) atoms. The van der Waals surface area contributed by atoms with E-state index in [9.17, 15) is 0 Å². The zero-order valence-electron chi connectivity index (χ0n) is 7.06. The average molecular weight is 154 g/mol. The first kappa shape index (κ1) is 7.93. The molecule has 0 atom stereocenters. The molecule has 1 aliphatic rings. The molecule has 1 heteroatoms. The molecule has 0 aromatic carbocycles. The molecular formula is C9H14S. The monoisotopic (exact) mass is 154 g/mol. The van der Waals surface area contributed by atoms with Crippen molar-refractivity contribution in [2.75, 3.05) is 0 Å². The van der Waals surface area contributed by atoms with Gasteiger partial charge in [0, 0.05) is 15.7 Å². The van der Waals surface area contributed by atoms with Gasteiger partial charge >= 0.3 is 0 Å². The molecule has 0 nitrogen and oxygen atoms in total. The Morgan fingerprint density at radius 2 is 1.30 bits per heavy atom. The van der Waals surface area contributed by atoms with Gasteiger partial charge in [0.05, 0.1) is 0 Å². The van der Waals surface area contributed by atoms with Crippen LogP contribution in [-0.2, 0) is 0 Å². The van der Waals surface area contributed by atoms with Gasteiger partial charge in [0.15, 0.2) is 0 Å². The first-order valence-electron chi connectivity index (χ1n) is 3.61. The van der Waals surface area contributed by atoms with Crippen molar-refractivity contribution >= 4 is 17.1 Å². The van der Waals surface area contributed by atoms with Gasteiger partial charge in [-0.25, -0.2) is 0 Å². The van der Waals surface area contributed by atoms with Crippen LogP contribution in [0.2, 0.25) is 0 Å². The fourth-order valence-electron chi connectivity index (χ4n) is 1.40. The van der Waals surface area contributed by atoms with E-state index in [1.807, 2.05) is 0 Å². The highest BCUT2D eigenvalue weighted by Crippen LogP contribution is 2.39. The van der Waals surface area contributed by atoms with E-state index in [0.717, 1.165) is 4.86 Å². The largest absolute Gasteiger partial charge is 0.0878 e. The van der Waals surface area contributed by atoms with Crippen molar-refractivity contribution in [3.8, 4) is 0 Å². The maximum absolute atomic E-state index is 5.33. The van der Waals surface area contributed by atoms with Gasteiger partial charge in [0.25, 0.3) is 0 Å². The van der Waals surface area contributed by atoms with Crippen LogP contribution in [0.5, 0.6) is 0 Å². The summed E-state index contributed by atoms with van der Waals surface area (Å²) in [5.41, 5.74) is 0.275. The highest BCUT2D eigenvalue weighted by molar-refractivity contribution is 7.80. The van der Waals surface area contributed by atoms with Crippen molar-refractivity contribution in [3.05, 3.63) is 12.2 Å². The summed E-state index contributed by atoms with van der Waals surface area (Å²) in [6.45, 7) is 8.67. The smallest absolute Gasteiger partial charge is 0.0148 e. The molecule has 0 aliphatic heterocycles. The van der Waals surface area contributed by atoms with E-state index < -0.39 is 0 Å². The molecule has 0 aromatic rings. The Kier molecular flexibility index (Phi) is 1.52. The van der Waals surface area contributed by atoms with Crippen LogP contribution < -0.4 is 0 Å².